The van der Waals surface area contributed by atoms with Crippen LogP contribution in [-0.4, -0.2) is 21.7 Å². The van der Waals surface area contributed by atoms with Gasteiger partial charge in [-0.2, -0.15) is 4.98 Å². The number of unbranched alkanes of at least 4 members (excludes halogenated alkanes) is 1. The van der Waals surface area contributed by atoms with Crippen LogP contribution in [0.5, 0.6) is 0 Å². The molecule has 3 aromatic rings. The first-order valence-electron chi connectivity index (χ1n) is 8.13. The van der Waals surface area contributed by atoms with Crippen LogP contribution in [0.1, 0.15) is 25.5 Å². The highest BCUT2D eigenvalue weighted by molar-refractivity contribution is 5.66. The third-order valence-corrected chi connectivity index (χ3v) is 3.49. The summed E-state index contributed by atoms with van der Waals surface area (Å²) in [7, 11) is 0. The van der Waals surface area contributed by atoms with Gasteiger partial charge in [0.2, 0.25) is 5.95 Å². The minimum absolute atomic E-state index is 0.604. The zero-order valence-corrected chi connectivity index (χ0v) is 13.9. The Morgan fingerprint density at radius 1 is 1.04 bits per heavy atom. The average molecular weight is 323 g/mol. The largest absolute Gasteiger partial charge is 0.360 e. The molecule has 3 rings (SSSR count). The second-order valence-electron chi connectivity index (χ2n) is 5.56. The molecule has 0 atom stereocenters. The molecule has 6 heteroatoms. The number of anilines is 3. The van der Waals surface area contributed by atoms with Gasteiger partial charge in [0.15, 0.2) is 5.82 Å². The maximum absolute atomic E-state index is 5.09. The number of hydrogen-bond acceptors (Lipinski definition) is 6. The molecule has 0 fully saturated rings. The van der Waals surface area contributed by atoms with Crippen molar-refractivity contribution in [1.82, 2.24) is 15.1 Å². The van der Waals surface area contributed by atoms with Crippen molar-refractivity contribution in [2.75, 3.05) is 17.2 Å². The number of nitrogens with zero attached hydrogens (tertiary/aromatic N) is 3. The number of rotatable bonds is 7. The van der Waals surface area contributed by atoms with Crippen LogP contribution in [0.4, 0.5) is 17.6 Å². The van der Waals surface area contributed by atoms with Gasteiger partial charge in [-0.25, -0.2) is 4.98 Å². The van der Waals surface area contributed by atoms with Crippen LogP contribution in [0.2, 0.25) is 0 Å². The topological polar surface area (TPSA) is 75.9 Å². The summed E-state index contributed by atoms with van der Waals surface area (Å²) in [6, 6.07) is 13.8. The van der Waals surface area contributed by atoms with Gasteiger partial charge in [0.05, 0.1) is 5.69 Å². The Hall–Kier alpha value is -2.89. The van der Waals surface area contributed by atoms with Crippen LogP contribution in [0.15, 0.2) is 47.0 Å². The van der Waals surface area contributed by atoms with Gasteiger partial charge in [0.1, 0.15) is 11.6 Å². The van der Waals surface area contributed by atoms with E-state index in [0.717, 1.165) is 36.4 Å². The summed E-state index contributed by atoms with van der Waals surface area (Å²) < 4.78 is 5.09. The number of benzene rings is 1. The predicted molar refractivity (Wildman–Crippen MR) is 95.4 cm³/mol. The second-order valence-corrected chi connectivity index (χ2v) is 5.56. The van der Waals surface area contributed by atoms with E-state index in [1.165, 1.54) is 0 Å². The zero-order chi connectivity index (χ0) is 16.8. The molecule has 0 saturated heterocycles. The molecule has 1 aromatic carbocycles. The molecule has 24 heavy (non-hydrogen) atoms. The van der Waals surface area contributed by atoms with E-state index in [9.17, 15) is 0 Å². The Morgan fingerprint density at radius 3 is 2.58 bits per heavy atom. The van der Waals surface area contributed by atoms with E-state index < -0.39 is 0 Å². The Kier molecular flexibility index (Phi) is 5.05. The molecule has 0 amide bonds. The smallest absolute Gasteiger partial charge is 0.225 e. The molecule has 0 aliphatic carbocycles. The van der Waals surface area contributed by atoms with Crippen molar-refractivity contribution >= 4 is 17.6 Å². The summed E-state index contributed by atoms with van der Waals surface area (Å²) in [6.07, 6.45) is 2.19. The standard InChI is InChI=1S/C18H21N5O/c1-3-4-10-19-18-20-15(14-8-6-5-7-9-14)12-16(22-18)21-17-11-13(2)24-23-17/h5-9,11-12H,3-4,10H2,1-2H3,(H2,19,20,21,22,23). The Bertz CT molecular complexity index is 785. The van der Waals surface area contributed by atoms with E-state index in [4.69, 9.17) is 4.52 Å². The first-order chi connectivity index (χ1) is 11.7. The van der Waals surface area contributed by atoms with Crippen LogP contribution in [-0.2, 0) is 0 Å². The lowest BCUT2D eigenvalue weighted by Crippen LogP contribution is -2.07. The molecule has 124 valence electrons. The normalized spacial score (nSPS) is 10.6. The van der Waals surface area contributed by atoms with Gasteiger partial charge in [-0.05, 0) is 13.3 Å². The average Bonchev–Trinajstić information content (AvgIpc) is 3.00. The summed E-state index contributed by atoms with van der Waals surface area (Å²) >= 11 is 0. The zero-order valence-electron chi connectivity index (χ0n) is 13.9. The molecule has 0 aliphatic heterocycles. The summed E-state index contributed by atoms with van der Waals surface area (Å²) in [4.78, 5) is 9.14. The lowest BCUT2D eigenvalue weighted by molar-refractivity contribution is 0.400. The van der Waals surface area contributed by atoms with Crippen molar-refractivity contribution in [3.8, 4) is 11.3 Å². The molecule has 0 aliphatic rings. The Labute approximate surface area is 141 Å². The molecule has 2 aromatic heterocycles. The molecular formula is C18H21N5O. The van der Waals surface area contributed by atoms with Gasteiger partial charge >= 0.3 is 0 Å². The van der Waals surface area contributed by atoms with Gasteiger partial charge in [-0.3, -0.25) is 0 Å². The fourth-order valence-electron chi connectivity index (χ4n) is 2.28. The van der Waals surface area contributed by atoms with Gasteiger partial charge in [-0.15, -0.1) is 0 Å². The highest BCUT2D eigenvalue weighted by atomic mass is 16.5. The summed E-state index contributed by atoms with van der Waals surface area (Å²) in [5, 5.41) is 10.4. The molecule has 6 nitrogen and oxygen atoms in total. The SMILES string of the molecule is CCCCNc1nc(Nc2cc(C)on2)cc(-c2ccccc2)n1. The number of nitrogens with one attached hydrogen (secondary N) is 2. The van der Waals surface area contributed by atoms with Crippen LogP contribution in [0.25, 0.3) is 11.3 Å². The van der Waals surface area contributed by atoms with Crippen LogP contribution < -0.4 is 10.6 Å². The fourth-order valence-corrected chi connectivity index (χ4v) is 2.28. The summed E-state index contributed by atoms with van der Waals surface area (Å²) in [5.41, 5.74) is 1.89. The molecule has 0 bridgehead atoms. The van der Waals surface area contributed by atoms with Crippen molar-refractivity contribution in [1.29, 1.82) is 0 Å². The third kappa shape index (κ3) is 4.10. The minimum atomic E-state index is 0.604. The molecule has 0 saturated carbocycles. The molecule has 0 spiro atoms. The maximum Gasteiger partial charge on any atom is 0.225 e. The Balaban J connectivity index is 1.90. The second kappa shape index (κ2) is 7.59. The number of aromatic nitrogens is 3. The van der Waals surface area contributed by atoms with Crippen molar-refractivity contribution in [2.45, 2.75) is 26.7 Å². The highest BCUT2D eigenvalue weighted by Crippen LogP contribution is 2.23. The summed E-state index contributed by atoms with van der Waals surface area (Å²) in [5.74, 6) is 2.66. The molecule has 0 unspecified atom stereocenters. The molecule has 2 heterocycles. The number of hydrogen-bond donors (Lipinski definition) is 2. The van der Waals surface area contributed by atoms with E-state index in [0.29, 0.717) is 17.6 Å². The van der Waals surface area contributed by atoms with Crippen LogP contribution in [0.3, 0.4) is 0 Å². The van der Waals surface area contributed by atoms with E-state index >= 15 is 0 Å². The highest BCUT2D eigenvalue weighted by Gasteiger charge is 2.08. The molecule has 0 radical (unpaired) electrons. The van der Waals surface area contributed by atoms with Gasteiger partial charge in [0, 0.05) is 24.2 Å². The lowest BCUT2D eigenvalue weighted by Gasteiger charge is -2.10. The van der Waals surface area contributed by atoms with Gasteiger partial charge < -0.3 is 15.2 Å². The first-order valence-corrected chi connectivity index (χ1v) is 8.13. The van der Waals surface area contributed by atoms with E-state index in [1.54, 1.807) is 0 Å². The number of aryl methyl sites for hydroxylation is 1. The van der Waals surface area contributed by atoms with Crippen molar-refractivity contribution in [3.63, 3.8) is 0 Å². The Morgan fingerprint density at radius 2 is 1.88 bits per heavy atom. The quantitative estimate of drug-likeness (QED) is 0.628. The maximum atomic E-state index is 5.09. The third-order valence-electron chi connectivity index (χ3n) is 3.49. The monoisotopic (exact) mass is 323 g/mol. The first kappa shape index (κ1) is 16.0. The van der Waals surface area contributed by atoms with E-state index in [1.807, 2.05) is 49.4 Å². The van der Waals surface area contributed by atoms with Crippen LogP contribution >= 0.6 is 0 Å². The fraction of sp³-hybridized carbons (Fsp3) is 0.278. The van der Waals surface area contributed by atoms with Crippen molar-refractivity contribution < 1.29 is 4.52 Å². The van der Waals surface area contributed by atoms with Gasteiger partial charge in [0.25, 0.3) is 0 Å². The van der Waals surface area contributed by atoms with Crippen molar-refractivity contribution in [2.24, 2.45) is 0 Å². The summed E-state index contributed by atoms with van der Waals surface area (Å²) in [6.45, 7) is 4.85. The minimum Gasteiger partial charge on any atom is -0.360 e. The van der Waals surface area contributed by atoms with E-state index in [-0.39, 0.29) is 0 Å². The lowest BCUT2D eigenvalue weighted by atomic mass is 10.1. The molecule has 2 N–H and O–H groups in total. The van der Waals surface area contributed by atoms with Crippen molar-refractivity contribution in [3.05, 3.63) is 48.2 Å². The van der Waals surface area contributed by atoms with Crippen LogP contribution in [0, 0.1) is 6.92 Å². The van der Waals surface area contributed by atoms with E-state index in [2.05, 4.69) is 32.7 Å². The molecular weight excluding hydrogens is 302 g/mol. The van der Waals surface area contributed by atoms with Gasteiger partial charge in [-0.1, -0.05) is 48.8 Å². The predicted octanol–water partition coefficient (Wildman–Crippen LogP) is 4.40.